The van der Waals surface area contributed by atoms with Gasteiger partial charge in [-0.2, -0.15) is 0 Å². The summed E-state index contributed by atoms with van der Waals surface area (Å²) in [7, 11) is 0. The lowest BCUT2D eigenvalue weighted by atomic mass is 10.2. The Balaban J connectivity index is 1.48. The van der Waals surface area contributed by atoms with Gasteiger partial charge in [0.15, 0.2) is 6.61 Å². The average Bonchev–Trinajstić information content (AvgIpc) is 3.03. The number of hydrogen-bond acceptors (Lipinski definition) is 4. The van der Waals surface area contributed by atoms with Crippen LogP contribution in [-0.4, -0.2) is 67.1 Å². The number of ether oxygens (including phenoxy) is 2. The Morgan fingerprint density at radius 3 is 2.72 bits per heavy atom. The fourth-order valence-corrected chi connectivity index (χ4v) is 3.30. The molecule has 6 heteroatoms. The van der Waals surface area contributed by atoms with E-state index in [1.165, 1.54) is 0 Å². The van der Waals surface area contributed by atoms with Gasteiger partial charge in [0.1, 0.15) is 11.9 Å². The van der Waals surface area contributed by atoms with Crippen LogP contribution in [-0.2, 0) is 14.3 Å². The maximum absolute atomic E-state index is 12.4. The molecule has 0 radical (unpaired) electrons. The Morgan fingerprint density at radius 1 is 1.16 bits per heavy atom. The molecule has 1 unspecified atom stereocenters. The van der Waals surface area contributed by atoms with E-state index in [2.05, 4.69) is 0 Å². The van der Waals surface area contributed by atoms with Crippen molar-refractivity contribution < 1.29 is 19.1 Å². The molecule has 1 atom stereocenters. The fourth-order valence-electron chi connectivity index (χ4n) is 3.30. The van der Waals surface area contributed by atoms with Crippen LogP contribution in [0.25, 0.3) is 0 Å². The molecule has 3 rings (SSSR count). The molecule has 2 heterocycles. The summed E-state index contributed by atoms with van der Waals surface area (Å²) in [4.78, 5) is 28.5. The van der Waals surface area contributed by atoms with Gasteiger partial charge in [-0.15, -0.1) is 0 Å². The van der Waals surface area contributed by atoms with Crippen LogP contribution in [0.4, 0.5) is 0 Å². The van der Waals surface area contributed by atoms with E-state index in [4.69, 9.17) is 9.47 Å². The third-order valence-electron chi connectivity index (χ3n) is 4.72. The van der Waals surface area contributed by atoms with E-state index in [1.807, 2.05) is 36.1 Å². The summed E-state index contributed by atoms with van der Waals surface area (Å²) in [6, 6.07) is 7.67. The number of nitrogens with zero attached hydrogens (tertiary/aromatic N) is 2. The molecule has 25 heavy (non-hydrogen) atoms. The molecule has 0 aliphatic carbocycles. The summed E-state index contributed by atoms with van der Waals surface area (Å²) in [5.74, 6) is 0.745. The molecule has 2 aliphatic heterocycles. The van der Waals surface area contributed by atoms with Crippen LogP contribution < -0.4 is 4.74 Å². The molecule has 0 saturated carbocycles. The van der Waals surface area contributed by atoms with E-state index < -0.39 is 0 Å². The predicted octanol–water partition coefficient (Wildman–Crippen LogP) is 1.61. The SMILES string of the molecule is Cc1cccc(OCC(=O)N2CCCN(C(=O)C3CCCO3)CC2)c1. The van der Waals surface area contributed by atoms with Crippen molar-refractivity contribution in [2.24, 2.45) is 0 Å². The van der Waals surface area contributed by atoms with Crippen molar-refractivity contribution in [2.75, 3.05) is 39.4 Å². The highest BCUT2D eigenvalue weighted by molar-refractivity contribution is 5.81. The topological polar surface area (TPSA) is 59.1 Å². The highest BCUT2D eigenvalue weighted by Crippen LogP contribution is 2.16. The van der Waals surface area contributed by atoms with Crippen LogP contribution >= 0.6 is 0 Å². The van der Waals surface area contributed by atoms with Gasteiger partial charge in [-0.05, 0) is 43.9 Å². The van der Waals surface area contributed by atoms with E-state index in [0.29, 0.717) is 38.5 Å². The third-order valence-corrected chi connectivity index (χ3v) is 4.72. The van der Waals surface area contributed by atoms with Gasteiger partial charge >= 0.3 is 0 Å². The van der Waals surface area contributed by atoms with E-state index in [9.17, 15) is 9.59 Å². The highest BCUT2D eigenvalue weighted by atomic mass is 16.5. The zero-order valence-corrected chi connectivity index (χ0v) is 14.8. The van der Waals surface area contributed by atoms with Gasteiger partial charge in [0.05, 0.1) is 0 Å². The Hall–Kier alpha value is -2.08. The van der Waals surface area contributed by atoms with Gasteiger partial charge in [-0.1, -0.05) is 12.1 Å². The lowest BCUT2D eigenvalue weighted by Gasteiger charge is -2.24. The maximum Gasteiger partial charge on any atom is 0.260 e. The summed E-state index contributed by atoms with van der Waals surface area (Å²) in [5, 5.41) is 0. The average molecular weight is 346 g/mol. The Kier molecular flexibility index (Phi) is 5.91. The standard InChI is InChI=1S/C19H26N2O4/c1-15-5-2-6-16(13-15)25-14-18(22)20-8-4-9-21(11-10-20)19(23)17-7-3-12-24-17/h2,5-6,13,17H,3-4,7-12,14H2,1H3. The van der Waals surface area contributed by atoms with Crippen LogP contribution in [0.2, 0.25) is 0 Å². The number of carbonyl (C=O) groups is 2. The molecule has 136 valence electrons. The normalized spacial score (nSPS) is 21.1. The van der Waals surface area contributed by atoms with Crippen molar-refractivity contribution in [1.29, 1.82) is 0 Å². The zero-order chi connectivity index (χ0) is 17.6. The van der Waals surface area contributed by atoms with Crippen molar-refractivity contribution in [1.82, 2.24) is 9.80 Å². The Labute approximate surface area is 148 Å². The van der Waals surface area contributed by atoms with Crippen LogP contribution in [0, 0.1) is 6.92 Å². The van der Waals surface area contributed by atoms with Crippen molar-refractivity contribution in [2.45, 2.75) is 32.3 Å². The molecule has 0 spiro atoms. The first-order valence-electron chi connectivity index (χ1n) is 9.01. The molecule has 1 aromatic carbocycles. The highest BCUT2D eigenvalue weighted by Gasteiger charge is 2.30. The van der Waals surface area contributed by atoms with E-state index in [0.717, 1.165) is 24.8 Å². The Bertz CT molecular complexity index is 613. The van der Waals surface area contributed by atoms with E-state index >= 15 is 0 Å². The summed E-state index contributed by atoms with van der Waals surface area (Å²) < 4.78 is 11.1. The number of aryl methyl sites for hydroxylation is 1. The minimum absolute atomic E-state index is 0.0309. The van der Waals surface area contributed by atoms with Gasteiger partial charge in [-0.3, -0.25) is 9.59 Å². The van der Waals surface area contributed by atoms with Crippen molar-refractivity contribution in [3.05, 3.63) is 29.8 Å². The van der Waals surface area contributed by atoms with Crippen LogP contribution in [0.1, 0.15) is 24.8 Å². The number of rotatable bonds is 4. The minimum Gasteiger partial charge on any atom is -0.484 e. The second kappa shape index (κ2) is 8.34. The molecular formula is C19H26N2O4. The lowest BCUT2D eigenvalue weighted by molar-refractivity contribution is -0.141. The zero-order valence-electron chi connectivity index (χ0n) is 14.8. The Morgan fingerprint density at radius 2 is 1.96 bits per heavy atom. The smallest absolute Gasteiger partial charge is 0.260 e. The molecule has 0 aromatic heterocycles. The molecule has 0 N–H and O–H groups in total. The van der Waals surface area contributed by atoms with Crippen LogP contribution in [0.15, 0.2) is 24.3 Å². The molecule has 1 aromatic rings. The summed E-state index contributed by atoms with van der Waals surface area (Å²) in [6.45, 7) is 5.15. The number of carbonyl (C=O) groups excluding carboxylic acids is 2. The number of hydrogen-bond donors (Lipinski definition) is 0. The third kappa shape index (κ3) is 4.72. The molecule has 2 aliphatic rings. The molecule has 2 saturated heterocycles. The number of benzene rings is 1. The van der Waals surface area contributed by atoms with Gasteiger partial charge < -0.3 is 19.3 Å². The van der Waals surface area contributed by atoms with Crippen molar-refractivity contribution >= 4 is 11.8 Å². The van der Waals surface area contributed by atoms with Crippen molar-refractivity contribution in [3.63, 3.8) is 0 Å². The van der Waals surface area contributed by atoms with Crippen LogP contribution in [0.3, 0.4) is 0 Å². The molecular weight excluding hydrogens is 320 g/mol. The first-order valence-corrected chi connectivity index (χ1v) is 9.01. The van der Waals surface area contributed by atoms with Gasteiger partial charge in [-0.25, -0.2) is 0 Å². The molecule has 2 fully saturated rings. The van der Waals surface area contributed by atoms with E-state index in [1.54, 1.807) is 4.90 Å². The summed E-state index contributed by atoms with van der Waals surface area (Å²) in [5.41, 5.74) is 1.10. The van der Waals surface area contributed by atoms with E-state index in [-0.39, 0.29) is 24.5 Å². The van der Waals surface area contributed by atoms with Crippen molar-refractivity contribution in [3.8, 4) is 5.75 Å². The monoisotopic (exact) mass is 346 g/mol. The molecule has 2 amide bonds. The fraction of sp³-hybridized carbons (Fsp3) is 0.579. The summed E-state index contributed by atoms with van der Waals surface area (Å²) in [6.07, 6.45) is 2.26. The van der Waals surface area contributed by atoms with Crippen LogP contribution in [0.5, 0.6) is 5.75 Å². The quantitative estimate of drug-likeness (QED) is 0.831. The minimum atomic E-state index is -0.285. The largest absolute Gasteiger partial charge is 0.484 e. The van der Waals surface area contributed by atoms with Gasteiger partial charge in [0, 0.05) is 32.8 Å². The van der Waals surface area contributed by atoms with Gasteiger partial charge in [0.25, 0.3) is 11.8 Å². The van der Waals surface area contributed by atoms with Gasteiger partial charge in [0.2, 0.25) is 0 Å². The first-order chi connectivity index (χ1) is 12.1. The first kappa shape index (κ1) is 17.7. The second-order valence-corrected chi connectivity index (χ2v) is 6.67. The molecule has 0 bridgehead atoms. The predicted molar refractivity (Wildman–Crippen MR) is 93.4 cm³/mol. The maximum atomic E-state index is 12.4. The second-order valence-electron chi connectivity index (χ2n) is 6.67. The number of amides is 2. The molecule has 6 nitrogen and oxygen atoms in total. The lowest BCUT2D eigenvalue weighted by Crippen LogP contribution is -2.42. The summed E-state index contributed by atoms with van der Waals surface area (Å²) >= 11 is 0.